The third-order valence-electron chi connectivity index (χ3n) is 3.04. The zero-order valence-electron chi connectivity index (χ0n) is 11.1. The average Bonchev–Trinajstić information content (AvgIpc) is 2.82. The van der Waals surface area contributed by atoms with Crippen LogP contribution in [0.3, 0.4) is 0 Å². The number of carbonyl (C=O) groups excluding carboxylic acids is 1. The average molecular weight is 314 g/mol. The van der Waals surface area contributed by atoms with Crippen LogP contribution in [-0.2, 0) is 14.8 Å². The molecule has 1 saturated heterocycles. The van der Waals surface area contributed by atoms with Crippen molar-refractivity contribution in [2.24, 2.45) is 0 Å². The molecule has 1 aromatic carbocycles. The van der Waals surface area contributed by atoms with E-state index in [1.54, 1.807) is 0 Å². The maximum atomic E-state index is 12.3. The number of amides is 1. The van der Waals surface area contributed by atoms with Crippen LogP contribution in [0.25, 0.3) is 0 Å². The van der Waals surface area contributed by atoms with Gasteiger partial charge in [-0.2, -0.15) is 0 Å². The number of rotatable bonds is 5. The largest absolute Gasteiger partial charge is 0.383 e. The SMILES string of the molecule is CNc1cccc(S(=O)(=O)NC2CNC(=O)C2)c1[N+](=O)[O-]. The molecule has 114 valence electrons. The highest BCUT2D eigenvalue weighted by atomic mass is 32.2. The van der Waals surface area contributed by atoms with Crippen molar-refractivity contribution >= 4 is 27.3 Å². The van der Waals surface area contributed by atoms with Crippen molar-refractivity contribution in [1.29, 1.82) is 0 Å². The fourth-order valence-corrected chi connectivity index (χ4v) is 3.53. The lowest BCUT2D eigenvalue weighted by molar-refractivity contribution is -0.386. The van der Waals surface area contributed by atoms with Crippen LogP contribution in [-0.4, -0.2) is 38.9 Å². The van der Waals surface area contributed by atoms with Crippen LogP contribution in [0.1, 0.15) is 6.42 Å². The first-order valence-corrected chi connectivity index (χ1v) is 7.57. The molecule has 21 heavy (non-hydrogen) atoms. The van der Waals surface area contributed by atoms with Gasteiger partial charge in [0.15, 0.2) is 4.90 Å². The fraction of sp³-hybridized carbons (Fsp3) is 0.364. The normalized spacial score (nSPS) is 18.3. The number of carbonyl (C=O) groups is 1. The van der Waals surface area contributed by atoms with E-state index in [1.807, 2.05) is 0 Å². The summed E-state index contributed by atoms with van der Waals surface area (Å²) in [5.41, 5.74) is -0.423. The van der Waals surface area contributed by atoms with Crippen molar-refractivity contribution < 1.29 is 18.1 Å². The molecule has 1 aromatic rings. The highest BCUT2D eigenvalue weighted by Gasteiger charge is 2.32. The Bertz CT molecular complexity index is 688. The Morgan fingerprint density at radius 1 is 1.43 bits per heavy atom. The summed E-state index contributed by atoms with van der Waals surface area (Å²) < 4.78 is 26.9. The first-order valence-electron chi connectivity index (χ1n) is 6.09. The van der Waals surface area contributed by atoms with Gasteiger partial charge in [-0.1, -0.05) is 6.07 Å². The van der Waals surface area contributed by atoms with Crippen molar-refractivity contribution in [3.8, 4) is 0 Å². The van der Waals surface area contributed by atoms with Crippen LogP contribution in [0.15, 0.2) is 23.1 Å². The standard InChI is InChI=1S/C11H14N4O5S/c1-12-8-3-2-4-9(11(8)15(17)18)21(19,20)14-7-5-10(16)13-6-7/h2-4,7,12,14H,5-6H2,1H3,(H,13,16). The van der Waals surface area contributed by atoms with E-state index in [0.717, 1.165) is 6.07 Å². The number of nitrogens with zero attached hydrogens (tertiary/aromatic N) is 1. The second kappa shape index (κ2) is 5.66. The zero-order valence-corrected chi connectivity index (χ0v) is 11.9. The summed E-state index contributed by atoms with van der Waals surface area (Å²) in [5.74, 6) is -0.263. The molecular formula is C11H14N4O5S. The number of anilines is 1. The van der Waals surface area contributed by atoms with Crippen molar-refractivity contribution in [2.45, 2.75) is 17.4 Å². The van der Waals surface area contributed by atoms with E-state index in [-0.39, 0.29) is 24.6 Å². The van der Waals surface area contributed by atoms with Gasteiger partial charge in [0.25, 0.3) is 0 Å². The molecule has 1 unspecified atom stereocenters. The maximum Gasteiger partial charge on any atom is 0.312 e. The van der Waals surface area contributed by atoms with Crippen LogP contribution >= 0.6 is 0 Å². The number of nitrogens with one attached hydrogen (secondary N) is 3. The highest BCUT2D eigenvalue weighted by Crippen LogP contribution is 2.31. The van der Waals surface area contributed by atoms with Gasteiger partial charge in [-0.05, 0) is 12.1 Å². The van der Waals surface area contributed by atoms with Gasteiger partial charge in [-0.25, -0.2) is 13.1 Å². The van der Waals surface area contributed by atoms with Crippen molar-refractivity contribution in [1.82, 2.24) is 10.0 Å². The summed E-state index contributed by atoms with van der Waals surface area (Å²) in [5, 5.41) is 16.2. The summed E-state index contributed by atoms with van der Waals surface area (Å²) in [6.45, 7) is 0.164. The van der Waals surface area contributed by atoms with Crippen molar-refractivity contribution in [3.05, 3.63) is 28.3 Å². The molecule has 0 bridgehead atoms. The number of benzene rings is 1. The van der Waals surface area contributed by atoms with E-state index >= 15 is 0 Å². The van der Waals surface area contributed by atoms with Crippen molar-refractivity contribution in [2.75, 3.05) is 18.9 Å². The summed E-state index contributed by atoms with van der Waals surface area (Å²) in [7, 11) is -2.64. The molecule has 0 aromatic heterocycles. The summed E-state index contributed by atoms with van der Waals surface area (Å²) in [6.07, 6.45) is 0.0126. The van der Waals surface area contributed by atoms with E-state index in [4.69, 9.17) is 0 Å². The second-order valence-electron chi connectivity index (χ2n) is 4.49. The molecule has 1 amide bonds. The molecule has 1 heterocycles. The number of nitro groups is 1. The molecule has 0 radical (unpaired) electrons. The van der Waals surface area contributed by atoms with Crippen LogP contribution < -0.4 is 15.4 Å². The first kappa shape index (κ1) is 15.2. The van der Waals surface area contributed by atoms with E-state index in [2.05, 4.69) is 15.4 Å². The Kier molecular flexibility index (Phi) is 4.09. The topological polar surface area (TPSA) is 130 Å². The molecule has 0 saturated carbocycles. The molecule has 1 fully saturated rings. The van der Waals surface area contributed by atoms with Gasteiger partial charge in [0.1, 0.15) is 5.69 Å². The molecule has 1 atom stereocenters. The summed E-state index contributed by atoms with van der Waals surface area (Å²) in [4.78, 5) is 21.0. The van der Waals surface area contributed by atoms with Gasteiger partial charge < -0.3 is 10.6 Å². The zero-order chi connectivity index (χ0) is 15.6. The van der Waals surface area contributed by atoms with Gasteiger partial charge in [0.2, 0.25) is 15.9 Å². The van der Waals surface area contributed by atoms with Crippen LogP contribution in [0, 0.1) is 10.1 Å². The lowest BCUT2D eigenvalue weighted by Crippen LogP contribution is -2.36. The van der Waals surface area contributed by atoms with Crippen LogP contribution in [0.5, 0.6) is 0 Å². The van der Waals surface area contributed by atoms with E-state index in [0.29, 0.717) is 0 Å². The minimum absolute atomic E-state index is 0.0126. The van der Waals surface area contributed by atoms with Gasteiger partial charge in [0.05, 0.1) is 4.92 Å². The number of hydrogen-bond donors (Lipinski definition) is 3. The monoisotopic (exact) mass is 314 g/mol. The second-order valence-corrected chi connectivity index (χ2v) is 6.17. The van der Waals surface area contributed by atoms with E-state index in [9.17, 15) is 23.3 Å². The third kappa shape index (κ3) is 3.11. The van der Waals surface area contributed by atoms with Gasteiger partial charge in [-0.15, -0.1) is 0 Å². The minimum Gasteiger partial charge on any atom is -0.383 e. The summed E-state index contributed by atoms with van der Waals surface area (Å²) >= 11 is 0. The Balaban J connectivity index is 2.40. The van der Waals surface area contributed by atoms with Gasteiger partial charge >= 0.3 is 5.69 Å². The molecule has 10 heteroatoms. The summed E-state index contributed by atoms with van der Waals surface area (Å²) in [6, 6.07) is 3.37. The predicted molar refractivity (Wildman–Crippen MR) is 74.4 cm³/mol. The number of nitro benzene ring substituents is 1. The number of sulfonamides is 1. The Morgan fingerprint density at radius 2 is 2.14 bits per heavy atom. The molecule has 0 spiro atoms. The van der Waals surface area contributed by atoms with E-state index < -0.39 is 31.6 Å². The quantitative estimate of drug-likeness (QED) is 0.510. The molecule has 3 N–H and O–H groups in total. The molecular weight excluding hydrogens is 300 g/mol. The van der Waals surface area contributed by atoms with Gasteiger partial charge in [-0.3, -0.25) is 14.9 Å². The molecule has 9 nitrogen and oxygen atoms in total. The highest BCUT2D eigenvalue weighted by molar-refractivity contribution is 7.89. The van der Waals surface area contributed by atoms with Gasteiger partial charge in [0, 0.05) is 26.1 Å². The third-order valence-corrected chi connectivity index (χ3v) is 4.59. The lowest BCUT2D eigenvalue weighted by atomic mass is 10.3. The van der Waals surface area contributed by atoms with Crippen LogP contribution in [0.4, 0.5) is 11.4 Å². The predicted octanol–water partition coefficient (Wildman–Crippen LogP) is -0.197. The van der Waals surface area contributed by atoms with Crippen LogP contribution in [0.2, 0.25) is 0 Å². The Morgan fingerprint density at radius 3 is 2.67 bits per heavy atom. The lowest BCUT2D eigenvalue weighted by Gasteiger charge is -2.12. The smallest absolute Gasteiger partial charge is 0.312 e. The molecule has 1 aliphatic heterocycles. The Labute approximate surface area is 120 Å². The number of hydrogen-bond acceptors (Lipinski definition) is 6. The molecule has 1 aliphatic rings. The minimum atomic E-state index is -4.10. The molecule has 2 rings (SSSR count). The first-order chi connectivity index (χ1) is 9.85. The molecule has 0 aliphatic carbocycles. The Hall–Kier alpha value is -2.20. The maximum absolute atomic E-state index is 12.3. The fourth-order valence-electron chi connectivity index (χ4n) is 2.10. The van der Waals surface area contributed by atoms with Crippen molar-refractivity contribution in [3.63, 3.8) is 0 Å². The van der Waals surface area contributed by atoms with E-state index in [1.165, 1.54) is 19.2 Å². The number of para-hydroxylation sites is 1.